The van der Waals surface area contributed by atoms with Gasteiger partial charge in [0.2, 0.25) is 5.91 Å². The lowest BCUT2D eigenvalue weighted by atomic mass is 9.92. The molecule has 1 aliphatic heterocycles. The maximum atomic E-state index is 11.7. The maximum absolute atomic E-state index is 11.7. The van der Waals surface area contributed by atoms with Crippen molar-refractivity contribution in [3.8, 4) is 0 Å². The predicted molar refractivity (Wildman–Crippen MR) is 58.0 cm³/mol. The van der Waals surface area contributed by atoms with E-state index in [1.165, 1.54) is 0 Å². The lowest BCUT2D eigenvalue weighted by molar-refractivity contribution is -0.146. The monoisotopic (exact) mass is 229 g/mol. The van der Waals surface area contributed by atoms with E-state index in [-0.39, 0.29) is 12.5 Å². The topological polar surface area (TPSA) is 66.8 Å². The molecule has 0 aromatic heterocycles. The number of hydrogen-bond donors (Lipinski definition) is 1. The first-order valence-corrected chi connectivity index (χ1v) is 5.56. The highest BCUT2D eigenvalue weighted by molar-refractivity contribution is 5.78. The van der Waals surface area contributed by atoms with Crippen molar-refractivity contribution in [1.29, 1.82) is 0 Å². The van der Waals surface area contributed by atoms with Crippen molar-refractivity contribution in [2.75, 3.05) is 26.3 Å². The Labute approximate surface area is 95.4 Å². The fraction of sp³-hybridized carbons (Fsp3) is 0.818. The lowest BCUT2D eigenvalue weighted by Crippen LogP contribution is -2.44. The summed E-state index contributed by atoms with van der Waals surface area (Å²) in [7, 11) is 0. The van der Waals surface area contributed by atoms with Gasteiger partial charge in [-0.25, -0.2) is 4.79 Å². The number of carboxylic acids is 1. The molecule has 1 N–H and O–H groups in total. The minimum atomic E-state index is -1.05. The number of amides is 1. The average Bonchev–Trinajstić information content (AvgIpc) is 2.15. The van der Waals surface area contributed by atoms with Gasteiger partial charge in [-0.1, -0.05) is 13.8 Å². The van der Waals surface area contributed by atoms with Gasteiger partial charge in [0, 0.05) is 13.1 Å². The van der Waals surface area contributed by atoms with Gasteiger partial charge >= 0.3 is 5.97 Å². The van der Waals surface area contributed by atoms with E-state index in [0.29, 0.717) is 11.8 Å². The molecule has 1 saturated heterocycles. The highest BCUT2D eigenvalue weighted by Gasteiger charge is 2.25. The zero-order chi connectivity index (χ0) is 12.1. The summed E-state index contributed by atoms with van der Waals surface area (Å²) in [4.78, 5) is 23.7. The molecule has 2 atom stereocenters. The molecule has 92 valence electrons. The molecule has 1 amide bonds. The summed E-state index contributed by atoms with van der Waals surface area (Å²) < 4.78 is 4.79. The summed E-state index contributed by atoms with van der Waals surface area (Å²) in [5, 5.41) is 8.37. The minimum absolute atomic E-state index is 0.111. The van der Waals surface area contributed by atoms with Crippen LogP contribution >= 0.6 is 0 Å². The minimum Gasteiger partial charge on any atom is -0.480 e. The third kappa shape index (κ3) is 4.18. The van der Waals surface area contributed by atoms with Gasteiger partial charge in [0.25, 0.3) is 0 Å². The molecule has 0 saturated carbocycles. The lowest BCUT2D eigenvalue weighted by Gasteiger charge is -2.34. The van der Waals surface area contributed by atoms with Gasteiger partial charge in [-0.2, -0.15) is 0 Å². The van der Waals surface area contributed by atoms with Crippen molar-refractivity contribution in [3.63, 3.8) is 0 Å². The number of hydrogen-bond acceptors (Lipinski definition) is 3. The van der Waals surface area contributed by atoms with E-state index in [0.717, 1.165) is 19.5 Å². The molecule has 0 unspecified atom stereocenters. The smallest absolute Gasteiger partial charge is 0.329 e. The second-order valence-electron chi connectivity index (χ2n) is 4.63. The number of ether oxygens (including phenoxy) is 1. The molecule has 0 spiro atoms. The Morgan fingerprint density at radius 3 is 2.31 bits per heavy atom. The largest absolute Gasteiger partial charge is 0.480 e. The van der Waals surface area contributed by atoms with Crippen LogP contribution in [0.3, 0.4) is 0 Å². The van der Waals surface area contributed by atoms with Gasteiger partial charge in [-0.15, -0.1) is 0 Å². The third-order valence-electron chi connectivity index (χ3n) is 2.67. The standard InChI is InChI=1S/C11H19NO4/c1-8-3-9(2)5-12(4-8)10(13)6-16-7-11(14)15/h8-9H,3-7H2,1-2H3,(H,14,15)/t8-,9+. The summed E-state index contributed by atoms with van der Waals surface area (Å²) in [6, 6.07) is 0. The van der Waals surface area contributed by atoms with Crippen LogP contribution < -0.4 is 0 Å². The molecule has 0 aromatic carbocycles. The fourth-order valence-electron chi connectivity index (χ4n) is 2.18. The van der Waals surface area contributed by atoms with Crippen molar-refractivity contribution in [1.82, 2.24) is 4.90 Å². The molecule has 16 heavy (non-hydrogen) atoms. The first-order valence-electron chi connectivity index (χ1n) is 5.56. The molecule has 0 bridgehead atoms. The molecule has 0 aliphatic carbocycles. The zero-order valence-corrected chi connectivity index (χ0v) is 9.81. The summed E-state index contributed by atoms with van der Waals surface area (Å²) in [6.07, 6.45) is 1.14. The Kier molecular flexibility index (Phi) is 4.73. The molecule has 1 fully saturated rings. The van der Waals surface area contributed by atoms with E-state index >= 15 is 0 Å². The van der Waals surface area contributed by atoms with Crippen LogP contribution in [0.15, 0.2) is 0 Å². The van der Waals surface area contributed by atoms with E-state index in [1.54, 1.807) is 4.90 Å². The SMILES string of the molecule is C[C@@H]1C[C@H](C)CN(C(=O)COCC(=O)O)C1. The first kappa shape index (κ1) is 13.0. The number of nitrogens with zero attached hydrogens (tertiary/aromatic N) is 1. The van der Waals surface area contributed by atoms with Crippen LogP contribution in [0.2, 0.25) is 0 Å². The number of aliphatic carboxylic acids is 1. The molecule has 5 nitrogen and oxygen atoms in total. The van der Waals surface area contributed by atoms with E-state index in [9.17, 15) is 9.59 Å². The summed E-state index contributed by atoms with van der Waals surface area (Å²) in [6.45, 7) is 5.19. The van der Waals surface area contributed by atoms with Crippen molar-refractivity contribution >= 4 is 11.9 Å². The molecule has 0 aromatic rings. The van der Waals surface area contributed by atoms with Crippen LogP contribution in [-0.2, 0) is 14.3 Å². The van der Waals surface area contributed by atoms with Crippen molar-refractivity contribution < 1.29 is 19.4 Å². The summed E-state index contributed by atoms with van der Waals surface area (Å²) in [5.41, 5.74) is 0. The van der Waals surface area contributed by atoms with Crippen LogP contribution in [-0.4, -0.2) is 48.2 Å². The van der Waals surface area contributed by atoms with Crippen LogP contribution in [0, 0.1) is 11.8 Å². The van der Waals surface area contributed by atoms with Gasteiger partial charge in [0.05, 0.1) is 0 Å². The predicted octanol–water partition coefficient (Wildman–Crippen LogP) is 0.592. The van der Waals surface area contributed by atoms with Gasteiger partial charge in [-0.3, -0.25) is 4.79 Å². The number of carbonyl (C=O) groups excluding carboxylic acids is 1. The van der Waals surface area contributed by atoms with E-state index in [2.05, 4.69) is 13.8 Å². The Morgan fingerprint density at radius 2 is 1.81 bits per heavy atom. The van der Waals surface area contributed by atoms with E-state index in [1.807, 2.05) is 0 Å². The molecular weight excluding hydrogens is 210 g/mol. The van der Waals surface area contributed by atoms with Crippen LogP contribution in [0.1, 0.15) is 20.3 Å². The highest BCUT2D eigenvalue weighted by atomic mass is 16.5. The third-order valence-corrected chi connectivity index (χ3v) is 2.67. The van der Waals surface area contributed by atoms with Crippen LogP contribution in [0.25, 0.3) is 0 Å². The molecule has 1 rings (SSSR count). The quantitative estimate of drug-likeness (QED) is 0.766. The second-order valence-corrected chi connectivity index (χ2v) is 4.63. The van der Waals surface area contributed by atoms with Crippen molar-refractivity contribution in [2.24, 2.45) is 11.8 Å². The Morgan fingerprint density at radius 1 is 1.25 bits per heavy atom. The molecule has 0 radical (unpaired) electrons. The zero-order valence-electron chi connectivity index (χ0n) is 9.81. The summed E-state index contributed by atoms with van der Waals surface area (Å²) >= 11 is 0. The van der Waals surface area contributed by atoms with Gasteiger partial charge in [-0.05, 0) is 18.3 Å². The van der Waals surface area contributed by atoms with Crippen molar-refractivity contribution in [3.05, 3.63) is 0 Å². The van der Waals surface area contributed by atoms with E-state index < -0.39 is 12.6 Å². The molecule has 1 aliphatic rings. The number of carboxylic acid groups (broad SMARTS) is 1. The van der Waals surface area contributed by atoms with Crippen LogP contribution in [0.4, 0.5) is 0 Å². The Bertz CT molecular complexity index is 257. The number of carbonyl (C=O) groups is 2. The number of piperidine rings is 1. The average molecular weight is 229 g/mol. The van der Waals surface area contributed by atoms with Gasteiger partial charge < -0.3 is 14.7 Å². The molecule has 5 heteroatoms. The van der Waals surface area contributed by atoms with Crippen molar-refractivity contribution in [2.45, 2.75) is 20.3 Å². The second kappa shape index (κ2) is 5.84. The summed E-state index contributed by atoms with van der Waals surface area (Å²) in [5.74, 6) is -0.146. The Hall–Kier alpha value is -1.10. The van der Waals surface area contributed by atoms with E-state index in [4.69, 9.17) is 9.84 Å². The first-order chi connectivity index (χ1) is 7.49. The Balaban J connectivity index is 2.32. The normalized spacial score (nSPS) is 25.5. The van der Waals surface area contributed by atoms with Crippen LogP contribution in [0.5, 0.6) is 0 Å². The molecule has 1 heterocycles. The maximum Gasteiger partial charge on any atom is 0.329 e. The highest BCUT2D eigenvalue weighted by Crippen LogP contribution is 2.20. The number of likely N-dealkylation sites (tertiary alicyclic amines) is 1. The molecular formula is C11H19NO4. The van der Waals surface area contributed by atoms with Gasteiger partial charge in [0.1, 0.15) is 13.2 Å². The van der Waals surface area contributed by atoms with Gasteiger partial charge in [0.15, 0.2) is 0 Å². The number of rotatable bonds is 4. The fourth-order valence-corrected chi connectivity index (χ4v) is 2.18.